The molecule has 0 spiro atoms. The summed E-state index contributed by atoms with van der Waals surface area (Å²) in [4.78, 5) is 39.3. The maximum Gasteiger partial charge on any atom is 0.326 e. The van der Waals surface area contributed by atoms with Crippen LogP contribution in [0.1, 0.15) is 17.3 Å². The summed E-state index contributed by atoms with van der Waals surface area (Å²) < 4.78 is 12.6. The maximum atomic E-state index is 12.6. The molecule has 150 valence electrons. The first-order valence-corrected chi connectivity index (χ1v) is 9.41. The normalized spacial score (nSPS) is 11.4. The first kappa shape index (κ1) is 20.2. The van der Waals surface area contributed by atoms with Gasteiger partial charge in [0.2, 0.25) is 0 Å². The molecule has 3 aromatic rings. The van der Waals surface area contributed by atoms with E-state index in [-0.39, 0.29) is 24.4 Å². The third kappa shape index (κ3) is 4.49. The smallest absolute Gasteiger partial charge is 0.326 e. The van der Waals surface area contributed by atoms with Gasteiger partial charge in [0.1, 0.15) is 12.3 Å². The Bertz CT molecular complexity index is 1150. The van der Waals surface area contributed by atoms with E-state index in [0.717, 1.165) is 4.70 Å². The summed E-state index contributed by atoms with van der Waals surface area (Å²) in [6.45, 7) is 1.85. The number of benzene rings is 2. The minimum absolute atomic E-state index is 0.105. The lowest BCUT2D eigenvalue weighted by Gasteiger charge is -2.05. The fourth-order valence-corrected chi connectivity index (χ4v) is 3.69. The van der Waals surface area contributed by atoms with Crippen molar-refractivity contribution in [2.45, 2.75) is 13.5 Å². The van der Waals surface area contributed by atoms with Gasteiger partial charge in [-0.2, -0.15) is 4.99 Å². The van der Waals surface area contributed by atoms with Crippen molar-refractivity contribution >= 4 is 39.1 Å². The Morgan fingerprint density at radius 3 is 2.55 bits per heavy atom. The standard InChI is InChI=1S/C19H17N3O6S/c1-3-28-17(23)11-21-15-9-8-14(27-2)10-16(15)29-19(21)20-18(24)12-4-6-13(7-5-12)22(25)26/h4-10H,3,11H2,1-2H3. The van der Waals surface area contributed by atoms with E-state index in [9.17, 15) is 19.7 Å². The van der Waals surface area contributed by atoms with Gasteiger partial charge in [-0.1, -0.05) is 11.3 Å². The molecule has 0 aliphatic rings. The number of aromatic nitrogens is 1. The maximum absolute atomic E-state index is 12.6. The minimum atomic E-state index is -0.573. The van der Waals surface area contributed by atoms with Crippen LogP contribution in [-0.2, 0) is 16.1 Å². The van der Waals surface area contributed by atoms with Gasteiger partial charge in [0.15, 0.2) is 4.80 Å². The number of nitro groups is 1. The summed E-state index contributed by atoms with van der Waals surface area (Å²) >= 11 is 1.22. The van der Waals surface area contributed by atoms with Crippen LogP contribution in [0.25, 0.3) is 10.2 Å². The highest BCUT2D eigenvalue weighted by atomic mass is 32.1. The fourth-order valence-electron chi connectivity index (χ4n) is 2.63. The Balaban J connectivity index is 2.06. The van der Waals surface area contributed by atoms with Gasteiger partial charge in [-0.15, -0.1) is 0 Å². The van der Waals surface area contributed by atoms with E-state index in [1.54, 1.807) is 36.8 Å². The number of esters is 1. The molecule has 0 aliphatic carbocycles. The van der Waals surface area contributed by atoms with Crippen LogP contribution in [0, 0.1) is 10.1 Å². The van der Waals surface area contributed by atoms with Crippen LogP contribution in [0.2, 0.25) is 0 Å². The summed E-state index contributed by atoms with van der Waals surface area (Å²) in [6.07, 6.45) is 0. The molecule has 0 saturated carbocycles. The highest BCUT2D eigenvalue weighted by Crippen LogP contribution is 2.23. The summed E-state index contributed by atoms with van der Waals surface area (Å²) in [6, 6.07) is 10.5. The highest BCUT2D eigenvalue weighted by Gasteiger charge is 2.14. The van der Waals surface area contributed by atoms with Gasteiger partial charge in [0.05, 0.1) is 28.9 Å². The summed E-state index contributed by atoms with van der Waals surface area (Å²) in [5, 5.41) is 10.8. The first-order valence-electron chi connectivity index (χ1n) is 8.59. The largest absolute Gasteiger partial charge is 0.497 e. The van der Waals surface area contributed by atoms with Crippen LogP contribution >= 0.6 is 11.3 Å². The second kappa shape index (κ2) is 8.65. The molecule has 0 N–H and O–H groups in total. The summed E-state index contributed by atoms with van der Waals surface area (Å²) in [5.41, 5.74) is 0.792. The molecule has 0 unspecified atom stereocenters. The molecule has 0 bridgehead atoms. The molecule has 0 fully saturated rings. The molecule has 10 heteroatoms. The number of nitrogens with zero attached hydrogens (tertiary/aromatic N) is 3. The van der Waals surface area contributed by atoms with Gasteiger partial charge in [0, 0.05) is 17.7 Å². The van der Waals surface area contributed by atoms with E-state index in [1.807, 2.05) is 0 Å². The predicted octanol–water partition coefficient (Wildman–Crippen LogP) is 2.92. The van der Waals surface area contributed by atoms with Gasteiger partial charge in [-0.25, -0.2) is 0 Å². The van der Waals surface area contributed by atoms with Crippen LogP contribution in [0.4, 0.5) is 5.69 Å². The molecule has 1 amide bonds. The van der Waals surface area contributed by atoms with Gasteiger partial charge in [-0.05, 0) is 37.3 Å². The van der Waals surface area contributed by atoms with Gasteiger partial charge >= 0.3 is 5.97 Å². The van der Waals surface area contributed by atoms with Crippen molar-refractivity contribution in [2.75, 3.05) is 13.7 Å². The van der Waals surface area contributed by atoms with Gasteiger partial charge in [0.25, 0.3) is 11.6 Å². The van der Waals surface area contributed by atoms with Crippen LogP contribution in [0.3, 0.4) is 0 Å². The lowest BCUT2D eigenvalue weighted by Crippen LogP contribution is -2.23. The predicted molar refractivity (Wildman–Crippen MR) is 106 cm³/mol. The van der Waals surface area contributed by atoms with Crippen molar-refractivity contribution in [3.05, 3.63) is 62.9 Å². The number of methoxy groups -OCH3 is 1. The van der Waals surface area contributed by atoms with E-state index in [4.69, 9.17) is 9.47 Å². The number of amides is 1. The van der Waals surface area contributed by atoms with Crippen molar-refractivity contribution in [3.63, 3.8) is 0 Å². The molecule has 0 saturated heterocycles. The zero-order valence-corrected chi connectivity index (χ0v) is 16.5. The number of rotatable bonds is 6. The lowest BCUT2D eigenvalue weighted by atomic mass is 10.2. The van der Waals surface area contributed by atoms with E-state index in [0.29, 0.717) is 16.1 Å². The molecular weight excluding hydrogens is 398 g/mol. The molecular formula is C19H17N3O6S. The number of non-ortho nitro benzene ring substituents is 1. The Morgan fingerprint density at radius 1 is 1.21 bits per heavy atom. The van der Waals surface area contributed by atoms with Crippen LogP contribution in [0.15, 0.2) is 47.5 Å². The topological polar surface area (TPSA) is 113 Å². The first-order chi connectivity index (χ1) is 13.9. The zero-order valence-electron chi connectivity index (χ0n) is 15.7. The number of fused-ring (bicyclic) bond motifs is 1. The summed E-state index contributed by atoms with van der Waals surface area (Å²) in [5.74, 6) is -0.390. The number of thiazole rings is 1. The second-order valence-electron chi connectivity index (χ2n) is 5.83. The van der Waals surface area contributed by atoms with Crippen LogP contribution in [-0.4, -0.2) is 35.1 Å². The molecule has 0 radical (unpaired) electrons. The number of ether oxygens (including phenoxy) is 2. The Kier molecular flexibility index (Phi) is 6.03. The number of carbonyl (C=O) groups is 2. The van der Waals surface area contributed by atoms with Crippen molar-refractivity contribution in [1.29, 1.82) is 0 Å². The van der Waals surface area contributed by atoms with Crippen molar-refractivity contribution < 1.29 is 24.0 Å². The lowest BCUT2D eigenvalue weighted by molar-refractivity contribution is -0.384. The van der Waals surface area contributed by atoms with Crippen LogP contribution in [0.5, 0.6) is 5.75 Å². The van der Waals surface area contributed by atoms with Crippen LogP contribution < -0.4 is 9.54 Å². The minimum Gasteiger partial charge on any atom is -0.497 e. The van der Waals surface area contributed by atoms with E-state index in [1.165, 1.54) is 35.6 Å². The molecule has 3 rings (SSSR count). The molecule has 9 nitrogen and oxygen atoms in total. The molecule has 1 aromatic heterocycles. The summed E-state index contributed by atoms with van der Waals surface area (Å²) in [7, 11) is 1.55. The Labute approximate surface area is 169 Å². The molecule has 0 aliphatic heterocycles. The Morgan fingerprint density at radius 2 is 1.93 bits per heavy atom. The quantitative estimate of drug-likeness (QED) is 0.347. The van der Waals surface area contributed by atoms with Gasteiger partial charge in [-0.3, -0.25) is 19.7 Å². The molecule has 29 heavy (non-hydrogen) atoms. The second-order valence-corrected chi connectivity index (χ2v) is 6.84. The molecule has 1 heterocycles. The van der Waals surface area contributed by atoms with Gasteiger partial charge < -0.3 is 14.0 Å². The number of carbonyl (C=O) groups excluding carboxylic acids is 2. The fraction of sp³-hybridized carbons (Fsp3) is 0.211. The number of nitro benzene ring substituents is 1. The molecule has 2 aromatic carbocycles. The third-order valence-corrected chi connectivity index (χ3v) is 5.05. The van der Waals surface area contributed by atoms with E-state index in [2.05, 4.69) is 4.99 Å². The van der Waals surface area contributed by atoms with Crippen molar-refractivity contribution in [3.8, 4) is 5.75 Å². The number of hydrogen-bond acceptors (Lipinski definition) is 7. The average Bonchev–Trinajstić information content (AvgIpc) is 3.04. The average molecular weight is 415 g/mol. The van der Waals surface area contributed by atoms with Crippen molar-refractivity contribution in [2.24, 2.45) is 4.99 Å². The monoisotopic (exact) mass is 415 g/mol. The number of hydrogen-bond donors (Lipinski definition) is 0. The third-order valence-electron chi connectivity index (χ3n) is 4.00. The van der Waals surface area contributed by atoms with E-state index >= 15 is 0 Å². The van der Waals surface area contributed by atoms with E-state index < -0.39 is 16.8 Å². The SMILES string of the molecule is CCOC(=O)Cn1c(=NC(=O)c2ccc([N+](=O)[O-])cc2)sc2cc(OC)ccc21. The molecule has 0 atom stereocenters. The Hall–Kier alpha value is -3.53. The highest BCUT2D eigenvalue weighted by molar-refractivity contribution is 7.16. The van der Waals surface area contributed by atoms with Crippen molar-refractivity contribution in [1.82, 2.24) is 4.57 Å². The zero-order chi connectivity index (χ0) is 21.0.